The van der Waals surface area contributed by atoms with E-state index in [1.807, 2.05) is 31.2 Å². The van der Waals surface area contributed by atoms with Gasteiger partial charge >= 0.3 is 0 Å². The molecule has 1 amide bonds. The van der Waals surface area contributed by atoms with Crippen molar-refractivity contribution in [1.29, 1.82) is 0 Å². The van der Waals surface area contributed by atoms with Crippen molar-refractivity contribution < 1.29 is 4.79 Å². The van der Waals surface area contributed by atoms with Gasteiger partial charge in [-0.05, 0) is 49.3 Å². The second kappa shape index (κ2) is 6.41. The standard InChI is InChI=1S/C19H22N2O2/c1-12-3-6-14(7-4-12)11-20-18(22)16-10-15-9-13(2)5-8-17(15)21-19(16)23/h3-4,6-7,10,13H,5,8-9,11H2,1-2H3,(H,20,22)(H,21,23). The van der Waals surface area contributed by atoms with Crippen molar-refractivity contribution in [1.82, 2.24) is 10.3 Å². The number of benzene rings is 1. The second-order valence-electron chi connectivity index (χ2n) is 6.53. The van der Waals surface area contributed by atoms with E-state index >= 15 is 0 Å². The minimum absolute atomic E-state index is 0.213. The van der Waals surface area contributed by atoms with Crippen molar-refractivity contribution in [2.45, 2.75) is 39.7 Å². The summed E-state index contributed by atoms with van der Waals surface area (Å²) in [5.41, 5.74) is 4.21. The Kier molecular flexibility index (Phi) is 4.33. The molecular formula is C19H22N2O2. The molecular weight excluding hydrogens is 288 g/mol. The molecule has 120 valence electrons. The van der Waals surface area contributed by atoms with Crippen molar-refractivity contribution in [3.05, 3.63) is 68.6 Å². The van der Waals surface area contributed by atoms with Crippen LogP contribution >= 0.6 is 0 Å². The molecule has 1 unspecified atom stereocenters. The normalized spacial score (nSPS) is 16.7. The van der Waals surface area contributed by atoms with E-state index in [9.17, 15) is 9.59 Å². The summed E-state index contributed by atoms with van der Waals surface area (Å²) >= 11 is 0. The van der Waals surface area contributed by atoms with Crippen LogP contribution in [-0.4, -0.2) is 10.9 Å². The maximum atomic E-state index is 12.3. The SMILES string of the molecule is Cc1ccc(CNC(=O)c2cc3c([nH]c2=O)CCC(C)C3)cc1. The molecule has 1 aliphatic rings. The first kappa shape index (κ1) is 15.5. The number of nitrogens with one attached hydrogen (secondary N) is 2. The molecule has 1 atom stereocenters. The minimum atomic E-state index is -0.312. The first-order valence-corrected chi connectivity index (χ1v) is 8.12. The van der Waals surface area contributed by atoms with Crippen LogP contribution in [0.1, 0.15) is 46.1 Å². The van der Waals surface area contributed by atoms with E-state index in [4.69, 9.17) is 0 Å². The lowest BCUT2D eigenvalue weighted by molar-refractivity contribution is 0.0949. The van der Waals surface area contributed by atoms with E-state index in [1.54, 1.807) is 6.07 Å². The smallest absolute Gasteiger partial charge is 0.261 e. The number of amides is 1. The molecule has 0 bridgehead atoms. The average Bonchev–Trinajstić information content (AvgIpc) is 2.54. The van der Waals surface area contributed by atoms with E-state index in [0.29, 0.717) is 12.5 Å². The third-order valence-corrected chi connectivity index (χ3v) is 4.49. The Morgan fingerprint density at radius 1 is 1.30 bits per heavy atom. The summed E-state index contributed by atoms with van der Waals surface area (Å²) in [6.07, 6.45) is 2.89. The number of fused-ring (bicyclic) bond motifs is 1. The number of pyridine rings is 1. The Bertz CT molecular complexity index is 775. The number of hydrogen-bond donors (Lipinski definition) is 2. The molecule has 0 saturated carbocycles. The second-order valence-corrected chi connectivity index (χ2v) is 6.53. The van der Waals surface area contributed by atoms with Crippen molar-refractivity contribution in [2.75, 3.05) is 0 Å². The van der Waals surface area contributed by atoms with Gasteiger partial charge in [0.05, 0.1) is 0 Å². The lowest BCUT2D eigenvalue weighted by Crippen LogP contribution is -2.31. The van der Waals surface area contributed by atoms with Gasteiger partial charge in [-0.2, -0.15) is 0 Å². The topological polar surface area (TPSA) is 62.0 Å². The van der Waals surface area contributed by atoms with Crippen LogP contribution in [0.2, 0.25) is 0 Å². The third-order valence-electron chi connectivity index (χ3n) is 4.49. The average molecular weight is 310 g/mol. The fourth-order valence-electron chi connectivity index (χ4n) is 3.04. The number of carbonyl (C=O) groups excluding carboxylic acids is 1. The van der Waals surface area contributed by atoms with Crippen LogP contribution in [-0.2, 0) is 19.4 Å². The third kappa shape index (κ3) is 3.52. The van der Waals surface area contributed by atoms with Crippen LogP contribution in [0.15, 0.2) is 35.1 Å². The number of rotatable bonds is 3. The van der Waals surface area contributed by atoms with E-state index in [2.05, 4.69) is 17.2 Å². The van der Waals surface area contributed by atoms with E-state index in [1.165, 1.54) is 5.56 Å². The van der Waals surface area contributed by atoms with Crippen LogP contribution in [0.5, 0.6) is 0 Å². The molecule has 0 radical (unpaired) electrons. The van der Waals surface area contributed by atoms with E-state index in [0.717, 1.165) is 36.1 Å². The molecule has 2 aromatic rings. The van der Waals surface area contributed by atoms with Gasteiger partial charge in [0.1, 0.15) is 5.56 Å². The zero-order valence-corrected chi connectivity index (χ0v) is 13.6. The van der Waals surface area contributed by atoms with Crippen LogP contribution < -0.4 is 10.9 Å². The number of aromatic nitrogens is 1. The molecule has 4 heteroatoms. The fourth-order valence-corrected chi connectivity index (χ4v) is 3.04. The highest BCUT2D eigenvalue weighted by Crippen LogP contribution is 2.23. The molecule has 0 saturated heterocycles. The van der Waals surface area contributed by atoms with Crippen molar-refractivity contribution in [3.63, 3.8) is 0 Å². The summed E-state index contributed by atoms with van der Waals surface area (Å²) in [7, 11) is 0. The van der Waals surface area contributed by atoms with Gasteiger partial charge in [0.25, 0.3) is 11.5 Å². The van der Waals surface area contributed by atoms with Gasteiger partial charge < -0.3 is 10.3 Å². The molecule has 2 N–H and O–H groups in total. The minimum Gasteiger partial charge on any atom is -0.348 e. The summed E-state index contributed by atoms with van der Waals surface area (Å²) in [4.78, 5) is 27.4. The Hall–Kier alpha value is -2.36. The van der Waals surface area contributed by atoms with Gasteiger partial charge in [0.15, 0.2) is 0 Å². The summed E-state index contributed by atoms with van der Waals surface area (Å²) in [5.74, 6) is 0.282. The van der Waals surface area contributed by atoms with Gasteiger partial charge in [0, 0.05) is 12.2 Å². The molecule has 23 heavy (non-hydrogen) atoms. The number of aromatic amines is 1. The molecule has 3 rings (SSSR count). The Labute approximate surface area is 135 Å². The molecule has 1 aromatic carbocycles. The van der Waals surface area contributed by atoms with Crippen LogP contribution in [0, 0.1) is 12.8 Å². The van der Waals surface area contributed by atoms with Gasteiger partial charge in [-0.1, -0.05) is 36.8 Å². The maximum Gasteiger partial charge on any atom is 0.261 e. The highest BCUT2D eigenvalue weighted by Gasteiger charge is 2.19. The predicted octanol–water partition coefficient (Wildman–Crippen LogP) is 2.74. The maximum absolute atomic E-state index is 12.3. The van der Waals surface area contributed by atoms with E-state index < -0.39 is 0 Å². The zero-order valence-electron chi connectivity index (χ0n) is 13.6. The van der Waals surface area contributed by atoms with Crippen LogP contribution in [0.3, 0.4) is 0 Å². The van der Waals surface area contributed by atoms with Gasteiger partial charge in [0.2, 0.25) is 0 Å². The summed E-state index contributed by atoms with van der Waals surface area (Å²) < 4.78 is 0. The Morgan fingerprint density at radius 3 is 2.78 bits per heavy atom. The fraction of sp³-hybridized carbons (Fsp3) is 0.368. The number of aryl methyl sites for hydroxylation is 2. The highest BCUT2D eigenvalue weighted by atomic mass is 16.2. The number of hydrogen-bond acceptors (Lipinski definition) is 2. The number of carbonyl (C=O) groups is 1. The predicted molar refractivity (Wildman–Crippen MR) is 90.6 cm³/mol. The monoisotopic (exact) mass is 310 g/mol. The molecule has 0 fully saturated rings. The Morgan fingerprint density at radius 2 is 2.04 bits per heavy atom. The van der Waals surface area contributed by atoms with Gasteiger partial charge in [-0.15, -0.1) is 0 Å². The summed E-state index contributed by atoms with van der Waals surface area (Å²) in [6.45, 7) is 4.65. The van der Waals surface area contributed by atoms with Crippen molar-refractivity contribution >= 4 is 5.91 Å². The first-order chi connectivity index (χ1) is 11.0. The zero-order chi connectivity index (χ0) is 16.4. The largest absolute Gasteiger partial charge is 0.348 e. The van der Waals surface area contributed by atoms with Crippen molar-refractivity contribution in [3.8, 4) is 0 Å². The van der Waals surface area contributed by atoms with Gasteiger partial charge in [-0.25, -0.2) is 0 Å². The summed E-state index contributed by atoms with van der Waals surface area (Å²) in [5, 5.41) is 2.83. The summed E-state index contributed by atoms with van der Waals surface area (Å²) in [6, 6.07) is 9.75. The van der Waals surface area contributed by atoms with Crippen molar-refractivity contribution in [2.24, 2.45) is 5.92 Å². The van der Waals surface area contributed by atoms with Gasteiger partial charge in [-0.3, -0.25) is 9.59 Å². The highest BCUT2D eigenvalue weighted by molar-refractivity contribution is 5.94. The quantitative estimate of drug-likeness (QED) is 0.915. The van der Waals surface area contributed by atoms with E-state index in [-0.39, 0.29) is 17.0 Å². The molecule has 0 spiro atoms. The molecule has 1 aromatic heterocycles. The lowest BCUT2D eigenvalue weighted by Gasteiger charge is -2.21. The van der Waals surface area contributed by atoms with Crippen LogP contribution in [0.4, 0.5) is 0 Å². The molecule has 0 aliphatic heterocycles. The Balaban J connectivity index is 1.75. The molecule has 1 aliphatic carbocycles. The molecule has 1 heterocycles. The number of H-pyrrole nitrogens is 1. The lowest BCUT2D eigenvalue weighted by atomic mass is 9.87. The first-order valence-electron chi connectivity index (χ1n) is 8.12. The molecule has 4 nitrogen and oxygen atoms in total. The van der Waals surface area contributed by atoms with Crippen LogP contribution in [0.25, 0.3) is 0 Å².